The van der Waals surface area contributed by atoms with Gasteiger partial charge in [-0.15, -0.1) is 0 Å². The number of halogens is 3. The second kappa shape index (κ2) is 7.24. The molecule has 5 rings (SSSR count). The summed E-state index contributed by atoms with van der Waals surface area (Å²) < 4.78 is 42.3. The smallest absolute Gasteiger partial charge is 0.309 e. The Morgan fingerprint density at radius 2 is 1.59 bits per heavy atom. The summed E-state index contributed by atoms with van der Waals surface area (Å²) in [6.07, 6.45) is -1.13. The van der Waals surface area contributed by atoms with E-state index in [9.17, 15) is 18.4 Å². The number of rotatable bonds is 2. The number of hydrogen-bond donors (Lipinski definition) is 0. The quantitative estimate of drug-likeness (QED) is 0.303. The normalized spacial score (nSPS) is 11.7. The first-order chi connectivity index (χ1) is 15.4. The highest BCUT2D eigenvalue weighted by molar-refractivity contribution is 6.09. The second-order valence-corrected chi connectivity index (χ2v) is 7.61. The van der Waals surface area contributed by atoms with E-state index in [4.69, 9.17) is 0 Å². The SMILES string of the molecule is Cc1cc(-c2ccncc2)c(C#N)cc1-n1c2ccccc2c2ccc(C(F)(F)F)cc21. The van der Waals surface area contributed by atoms with Gasteiger partial charge in [0.2, 0.25) is 0 Å². The Labute approximate surface area is 182 Å². The molecule has 156 valence electrons. The molecule has 5 aromatic rings. The fraction of sp³-hybridized carbons (Fsp3) is 0.0769. The fourth-order valence-electron chi connectivity index (χ4n) is 4.21. The summed E-state index contributed by atoms with van der Waals surface area (Å²) >= 11 is 0. The molecule has 0 fully saturated rings. The van der Waals surface area contributed by atoms with E-state index in [-0.39, 0.29) is 0 Å². The van der Waals surface area contributed by atoms with Crippen LogP contribution in [0, 0.1) is 18.3 Å². The standard InChI is InChI=1S/C26H16F3N3/c1-16-12-22(17-8-10-31-11-9-17)18(15-30)13-24(16)32-23-5-3-2-4-20(23)21-7-6-19(14-25(21)32)26(27,28)29/h2-14H,1H3. The molecule has 3 aromatic carbocycles. The molecule has 0 unspecified atom stereocenters. The van der Waals surface area contributed by atoms with E-state index in [1.165, 1.54) is 12.1 Å². The summed E-state index contributed by atoms with van der Waals surface area (Å²) in [5.74, 6) is 0. The first kappa shape index (κ1) is 19.8. The molecule has 0 spiro atoms. The summed E-state index contributed by atoms with van der Waals surface area (Å²) in [7, 11) is 0. The highest BCUT2D eigenvalue weighted by atomic mass is 19.4. The lowest BCUT2D eigenvalue weighted by Gasteiger charge is -2.15. The van der Waals surface area contributed by atoms with Crippen molar-refractivity contribution in [3.05, 3.63) is 95.8 Å². The zero-order valence-electron chi connectivity index (χ0n) is 17.0. The first-order valence-corrected chi connectivity index (χ1v) is 9.94. The Morgan fingerprint density at radius 1 is 0.875 bits per heavy atom. The van der Waals surface area contributed by atoms with Crippen molar-refractivity contribution in [1.29, 1.82) is 5.26 Å². The molecule has 0 aliphatic heterocycles. The molecule has 0 bridgehead atoms. The van der Waals surface area contributed by atoms with E-state index in [0.717, 1.165) is 39.0 Å². The van der Waals surface area contributed by atoms with Crippen molar-refractivity contribution < 1.29 is 13.2 Å². The molecule has 3 nitrogen and oxygen atoms in total. The summed E-state index contributed by atoms with van der Waals surface area (Å²) in [6, 6.07) is 20.8. The average molecular weight is 427 g/mol. The maximum atomic E-state index is 13.5. The minimum atomic E-state index is -4.45. The van der Waals surface area contributed by atoms with Gasteiger partial charge in [0.25, 0.3) is 0 Å². The number of aryl methyl sites for hydroxylation is 1. The Bertz CT molecular complexity index is 1520. The third-order valence-electron chi connectivity index (χ3n) is 5.69. The molecular formula is C26H16F3N3. The van der Waals surface area contributed by atoms with Crippen LogP contribution in [0.4, 0.5) is 13.2 Å². The van der Waals surface area contributed by atoms with Crippen molar-refractivity contribution in [2.75, 3.05) is 0 Å². The third-order valence-corrected chi connectivity index (χ3v) is 5.69. The van der Waals surface area contributed by atoms with Crippen LogP contribution in [0.3, 0.4) is 0 Å². The van der Waals surface area contributed by atoms with Crippen molar-refractivity contribution in [2.45, 2.75) is 13.1 Å². The molecule has 0 saturated carbocycles. The van der Waals surface area contributed by atoms with Crippen molar-refractivity contribution in [3.63, 3.8) is 0 Å². The number of pyridine rings is 1. The molecule has 0 amide bonds. The van der Waals surface area contributed by atoms with E-state index in [1.54, 1.807) is 18.5 Å². The van der Waals surface area contributed by atoms with Gasteiger partial charge in [-0.05, 0) is 66.1 Å². The van der Waals surface area contributed by atoms with Crippen LogP contribution in [-0.2, 0) is 6.18 Å². The molecule has 6 heteroatoms. The summed E-state index contributed by atoms with van der Waals surface area (Å²) in [6.45, 7) is 1.90. The van der Waals surface area contributed by atoms with Crippen LogP contribution in [0.1, 0.15) is 16.7 Å². The number of fused-ring (bicyclic) bond motifs is 3. The van der Waals surface area contributed by atoms with Gasteiger partial charge in [0, 0.05) is 23.2 Å². The number of alkyl halides is 3. The van der Waals surface area contributed by atoms with E-state index >= 15 is 0 Å². The number of benzene rings is 3. The lowest BCUT2D eigenvalue weighted by Crippen LogP contribution is -2.05. The molecule has 0 aliphatic carbocycles. The number of para-hydroxylation sites is 1. The zero-order valence-corrected chi connectivity index (χ0v) is 17.0. The topological polar surface area (TPSA) is 41.6 Å². The molecule has 0 saturated heterocycles. The average Bonchev–Trinajstić information content (AvgIpc) is 3.12. The maximum absolute atomic E-state index is 13.5. The number of nitriles is 1. The van der Waals surface area contributed by atoms with Gasteiger partial charge in [0.05, 0.1) is 33.9 Å². The van der Waals surface area contributed by atoms with Crippen LogP contribution >= 0.6 is 0 Å². The van der Waals surface area contributed by atoms with Gasteiger partial charge in [0.15, 0.2) is 0 Å². The van der Waals surface area contributed by atoms with Gasteiger partial charge in [0.1, 0.15) is 0 Å². The minimum absolute atomic E-state index is 0.440. The van der Waals surface area contributed by atoms with Crippen LogP contribution in [0.2, 0.25) is 0 Å². The van der Waals surface area contributed by atoms with Crippen molar-refractivity contribution in [2.24, 2.45) is 0 Å². The van der Waals surface area contributed by atoms with E-state index in [1.807, 2.05) is 54.0 Å². The second-order valence-electron chi connectivity index (χ2n) is 7.61. The minimum Gasteiger partial charge on any atom is -0.309 e. The Morgan fingerprint density at radius 3 is 2.31 bits per heavy atom. The van der Waals surface area contributed by atoms with Crippen LogP contribution < -0.4 is 0 Å². The molecule has 2 heterocycles. The van der Waals surface area contributed by atoms with Crippen molar-refractivity contribution in [1.82, 2.24) is 9.55 Å². The lowest BCUT2D eigenvalue weighted by atomic mass is 9.97. The van der Waals surface area contributed by atoms with Gasteiger partial charge in [-0.25, -0.2) is 0 Å². The third kappa shape index (κ3) is 3.10. The van der Waals surface area contributed by atoms with Crippen LogP contribution in [-0.4, -0.2) is 9.55 Å². The predicted molar refractivity (Wildman–Crippen MR) is 118 cm³/mol. The number of hydrogen-bond acceptors (Lipinski definition) is 2. The largest absolute Gasteiger partial charge is 0.416 e. The predicted octanol–water partition coefficient (Wildman–Crippen LogP) is 7.04. The highest BCUT2D eigenvalue weighted by Gasteiger charge is 2.31. The van der Waals surface area contributed by atoms with E-state index in [2.05, 4.69) is 11.1 Å². The Hall–Kier alpha value is -4.11. The lowest BCUT2D eigenvalue weighted by molar-refractivity contribution is -0.137. The van der Waals surface area contributed by atoms with Gasteiger partial charge >= 0.3 is 6.18 Å². The zero-order chi connectivity index (χ0) is 22.5. The number of aromatic nitrogens is 2. The van der Waals surface area contributed by atoms with Crippen molar-refractivity contribution >= 4 is 21.8 Å². The van der Waals surface area contributed by atoms with Crippen LogP contribution in [0.5, 0.6) is 0 Å². The molecule has 0 N–H and O–H groups in total. The van der Waals surface area contributed by atoms with Crippen molar-refractivity contribution in [3.8, 4) is 22.9 Å². The van der Waals surface area contributed by atoms with Gasteiger partial charge < -0.3 is 4.57 Å². The summed E-state index contributed by atoms with van der Waals surface area (Å²) in [4.78, 5) is 4.02. The Balaban J connectivity index is 1.85. The molecular weight excluding hydrogens is 411 g/mol. The maximum Gasteiger partial charge on any atom is 0.416 e. The Kier molecular flexibility index (Phi) is 4.49. The van der Waals surface area contributed by atoms with E-state index in [0.29, 0.717) is 16.8 Å². The van der Waals surface area contributed by atoms with Crippen LogP contribution in [0.25, 0.3) is 38.6 Å². The highest BCUT2D eigenvalue weighted by Crippen LogP contribution is 2.38. The monoisotopic (exact) mass is 427 g/mol. The van der Waals surface area contributed by atoms with Gasteiger partial charge in [-0.2, -0.15) is 18.4 Å². The van der Waals surface area contributed by atoms with Gasteiger partial charge in [-0.1, -0.05) is 24.3 Å². The molecule has 0 atom stereocenters. The first-order valence-electron chi connectivity index (χ1n) is 9.94. The fourth-order valence-corrected chi connectivity index (χ4v) is 4.21. The molecule has 0 radical (unpaired) electrons. The molecule has 0 aliphatic rings. The summed E-state index contributed by atoms with van der Waals surface area (Å²) in [5, 5.41) is 11.4. The molecule has 32 heavy (non-hydrogen) atoms. The van der Waals surface area contributed by atoms with Crippen LogP contribution in [0.15, 0.2) is 79.1 Å². The molecule has 2 aromatic heterocycles. The van der Waals surface area contributed by atoms with E-state index < -0.39 is 11.7 Å². The van der Waals surface area contributed by atoms with Gasteiger partial charge in [-0.3, -0.25) is 4.98 Å². The number of nitrogens with zero attached hydrogens (tertiary/aromatic N) is 3. The summed E-state index contributed by atoms with van der Waals surface area (Å²) in [5.41, 5.74) is 4.09.